The van der Waals surface area contributed by atoms with Gasteiger partial charge in [0.25, 0.3) is 0 Å². The zero-order valence-electron chi connectivity index (χ0n) is 14.2. The summed E-state index contributed by atoms with van der Waals surface area (Å²) in [6.45, 7) is 0.505. The Balaban J connectivity index is 1.38. The minimum Gasteiger partial charge on any atom is -0.373 e. The maximum absolute atomic E-state index is 13.6. The second-order valence-electron chi connectivity index (χ2n) is 7.70. The van der Waals surface area contributed by atoms with Crippen LogP contribution in [-0.4, -0.2) is 23.3 Å². The quantitative estimate of drug-likeness (QED) is 0.886. The zero-order valence-corrected chi connectivity index (χ0v) is 14.2. The average Bonchev–Trinajstić information content (AvgIpc) is 3.28. The smallest absolute Gasteiger partial charge is 0.145 e. The number of nitrogens with one attached hydrogen (secondary N) is 1. The molecule has 0 spiro atoms. The molecule has 5 heteroatoms. The highest BCUT2D eigenvalue weighted by molar-refractivity contribution is 5.63. The molecule has 3 fully saturated rings. The number of hydrogen-bond acceptors (Lipinski definition) is 4. The van der Waals surface area contributed by atoms with Crippen LogP contribution in [0.2, 0.25) is 0 Å². The third-order valence-corrected chi connectivity index (χ3v) is 5.76. The first-order valence-electron chi connectivity index (χ1n) is 9.38. The van der Waals surface area contributed by atoms with Crippen molar-refractivity contribution in [3.8, 4) is 11.3 Å². The maximum Gasteiger partial charge on any atom is 0.145 e. The summed E-state index contributed by atoms with van der Waals surface area (Å²) >= 11 is 0. The lowest BCUT2D eigenvalue weighted by Gasteiger charge is -2.29. The molecule has 25 heavy (non-hydrogen) atoms. The van der Waals surface area contributed by atoms with Crippen molar-refractivity contribution in [2.24, 2.45) is 0 Å². The molecule has 1 N–H and O–H groups in total. The summed E-state index contributed by atoms with van der Waals surface area (Å²) in [5, 5.41) is 7.90. The molecule has 2 bridgehead atoms. The van der Waals surface area contributed by atoms with Gasteiger partial charge in [-0.1, -0.05) is 17.3 Å². The molecule has 1 aromatic carbocycles. The summed E-state index contributed by atoms with van der Waals surface area (Å²) in [5.74, 6) is 1.14. The molecule has 3 heterocycles. The number of benzene rings is 1. The van der Waals surface area contributed by atoms with E-state index in [0.717, 1.165) is 48.3 Å². The lowest BCUT2D eigenvalue weighted by molar-refractivity contribution is 0.00875. The first-order chi connectivity index (χ1) is 12.3. The Morgan fingerprint density at radius 3 is 2.68 bits per heavy atom. The molecule has 0 radical (unpaired) electrons. The van der Waals surface area contributed by atoms with Crippen molar-refractivity contribution in [1.29, 1.82) is 0 Å². The second-order valence-corrected chi connectivity index (χ2v) is 7.70. The highest BCUT2D eigenvalue weighted by atomic mass is 19.1. The number of rotatable bonds is 5. The summed E-state index contributed by atoms with van der Waals surface area (Å²) in [5.41, 5.74) is 2.51. The molecular formula is C20H23FN2O2. The van der Waals surface area contributed by atoms with Crippen LogP contribution in [0.1, 0.15) is 55.8 Å². The number of hydrogen-bond donors (Lipinski definition) is 1. The van der Waals surface area contributed by atoms with E-state index in [1.165, 1.54) is 25.0 Å². The van der Waals surface area contributed by atoms with Gasteiger partial charge in [-0.15, -0.1) is 0 Å². The summed E-state index contributed by atoms with van der Waals surface area (Å²) in [4.78, 5) is 0. The predicted octanol–water partition coefficient (Wildman–Crippen LogP) is 4.16. The molecule has 4 nitrogen and oxygen atoms in total. The summed E-state index contributed by atoms with van der Waals surface area (Å²) in [7, 11) is 0. The number of aromatic nitrogens is 1. The fourth-order valence-corrected chi connectivity index (χ4v) is 4.33. The van der Waals surface area contributed by atoms with Gasteiger partial charge in [0.05, 0.1) is 12.7 Å². The molecule has 2 unspecified atom stereocenters. The monoisotopic (exact) mass is 342 g/mol. The van der Waals surface area contributed by atoms with Crippen LogP contribution in [0.25, 0.3) is 11.3 Å². The first kappa shape index (κ1) is 15.5. The van der Waals surface area contributed by atoms with E-state index in [0.29, 0.717) is 30.7 Å². The number of fused-ring (bicyclic) bond motifs is 2. The van der Waals surface area contributed by atoms with Crippen LogP contribution < -0.4 is 5.32 Å². The van der Waals surface area contributed by atoms with Crippen LogP contribution in [0.5, 0.6) is 0 Å². The molecule has 2 saturated heterocycles. The van der Waals surface area contributed by atoms with Crippen LogP contribution in [0.15, 0.2) is 28.8 Å². The molecule has 1 saturated carbocycles. The van der Waals surface area contributed by atoms with Crippen LogP contribution in [0.3, 0.4) is 0 Å². The Kier molecular flexibility index (Phi) is 3.86. The fraction of sp³-hybridized carbons (Fsp3) is 0.550. The number of halogens is 1. The molecule has 1 aromatic heterocycles. The predicted molar refractivity (Wildman–Crippen MR) is 91.6 cm³/mol. The SMILES string of the molecule is Fc1cccc(-c2noc(C3CC3)c2COC2CC3CC[C@@H](C2)N3)c1. The van der Waals surface area contributed by atoms with Gasteiger partial charge >= 0.3 is 0 Å². The Morgan fingerprint density at radius 2 is 1.96 bits per heavy atom. The molecule has 132 valence electrons. The number of ether oxygens (including phenoxy) is 1. The third-order valence-electron chi connectivity index (χ3n) is 5.76. The minimum atomic E-state index is -0.254. The Morgan fingerprint density at radius 1 is 1.16 bits per heavy atom. The molecular weight excluding hydrogens is 319 g/mol. The number of piperidine rings is 1. The topological polar surface area (TPSA) is 47.3 Å². The summed E-state index contributed by atoms with van der Waals surface area (Å²) < 4.78 is 25.6. The van der Waals surface area contributed by atoms with Crippen molar-refractivity contribution >= 4 is 0 Å². The molecule has 2 aromatic rings. The molecule has 5 rings (SSSR count). The van der Waals surface area contributed by atoms with Gasteiger partial charge in [-0.2, -0.15) is 0 Å². The largest absolute Gasteiger partial charge is 0.373 e. The van der Waals surface area contributed by atoms with Gasteiger partial charge in [0.15, 0.2) is 0 Å². The van der Waals surface area contributed by atoms with Crippen LogP contribution in [0.4, 0.5) is 4.39 Å². The third kappa shape index (κ3) is 3.11. The van der Waals surface area contributed by atoms with E-state index in [1.54, 1.807) is 6.07 Å². The molecule has 2 aliphatic heterocycles. The summed E-state index contributed by atoms with van der Waals surface area (Å²) in [6, 6.07) is 7.78. The average molecular weight is 342 g/mol. The minimum absolute atomic E-state index is 0.254. The molecule has 0 amide bonds. The maximum atomic E-state index is 13.6. The molecule has 1 aliphatic carbocycles. The van der Waals surface area contributed by atoms with E-state index in [2.05, 4.69) is 10.5 Å². The van der Waals surface area contributed by atoms with Crippen molar-refractivity contribution in [1.82, 2.24) is 10.5 Å². The Hall–Kier alpha value is -1.72. The van der Waals surface area contributed by atoms with Gasteiger partial charge in [0.1, 0.15) is 17.3 Å². The molecule has 3 aliphatic rings. The molecule has 3 atom stereocenters. The van der Waals surface area contributed by atoms with Gasteiger partial charge in [0.2, 0.25) is 0 Å². The van der Waals surface area contributed by atoms with E-state index in [4.69, 9.17) is 9.26 Å². The van der Waals surface area contributed by atoms with E-state index >= 15 is 0 Å². The van der Waals surface area contributed by atoms with Crippen molar-refractivity contribution in [2.75, 3.05) is 0 Å². The first-order valence-corrected chi connectivity index (χ1v) is 9.38. The van der Waals surface area contributed by atoms with E-state index < -0.39 is 0 Å². The van der Waals surface area contributed by atoms with E-state index in [-0.39, 0.29) is 5.82 Å². The lowest BCUT2D eigenvalue weighted by Crippen LogP contribution is -2.41. The highest BCUT2D eigenvalue weighted by Gasteiger charge is 2.36. The van der Waals surface area contributed by atoms with Crippen LogP contribution in [0, 0.1) is 5.82 Å². The van der Waals surface area contributed by atoms with E-state index in [1.807, 2.05) is 6.07 Å². The van der Waals surface area contributed by atoms with Crippen molar-refractivity contribution in [3.63, 3.8) is 0 Å². The lowest BCUT2D eigenvalue weighted by atomic mass is 10.0. The van der Waals surface area contributed by atoms with Gasteiger partial charge < -0.3 is 14.6 Å². The second kappa shape index (κ2) is 6.22. The Labute approximate surface area is 146 Å². The highest BCUT2D eigenvalue weighted by Crippen LogP contribution is 2.44. The fourth-order valence-electron chi connectivity index (χ4n) is 4.33. The van der Waals surface area contributed by atoms with Gasteiger partial charge in [-0.3, -0.25) is 0 Å². The number of nitrogens with zero attached hydrogens (tertiary/aromatic N) is 1. The Bertz CT molecular complexity index is 759. The van der Waals surface area contributed by atoms with E-state index in [9.17, 15) is 4.39 Å². The zero-order chi connectivity index (χ0) is 16.8. The van der Waals surface area contributed by atoms with Crippen molar-refractivity contribution < 1.29 is 13.7 Å². The van der Waals surface area contributed by atoms with Gasteiger partial charge in [-0.05, 0) is 50.7 Å². The summed E-state index contributed by atoms with van der Waals surface area (Å²) in [6.07, 6.45) is 7.26. The normalized spacial score (nSPS) is 28.4. The standard InChI is InChI=1S/C20H23FN2O2/c21-14-3-1-2-13(8-14)19-18(20(25-23-19)12-4-5-12)11-24-17-9-15-6-7-16(10-17)22-15/h1-3,8,12,15-17,22H,4-7,9-11H2/t15-,16?,17?/m0/s1. The van der Waals surface area contributed by atoms with Crippen molar-refractivity contribution in [2.45, 2.75) is 69.2 Å². The van der Waals surface area contributed by atoms with Crippen LogP contribution in [-0.2, 0) is 11.3 Å². The van der Waals surface area contributed by atoms with Crippen molar-refractivity contribution in [3.05, 3.63) is 41.4 Å². The van der Waals surface area contributed by atoms with Gasteiger partial charge in [-0.25, -0.2) is 4.39 Å². The van der Waals surface area contributed by atoms with Gasteiger partial charge in [0, 0.05) is 29.1 Å². The van der Waals surface area contributed by atoms with Crippen LogP contribution >= 0.6 is 0 Å².